The average Bonchev–Trinajstić information content (AvgIpc) is 2.79. The molecule has 0 saturated carbocycles. The van der Waals surface area contributed by atoms with Gasteiger partial charge in [-0.3, -0.25) is 0 Å². The summed E-state index contributed by atoms with van der Waals surface area (Å²) in [4.78, 5) is 26.2. The SMILES string of the molecule is COC(=O)c1c(-c2ccc(C)cc2)oc(=O)c(-c2ccccc2)c1-c1ccccc1. The molecule has 0 aliphatic heterocycles. The summed E-state index contributed by atoms with van der Waals surface area (Å²) in [6.07, 6.45) is 0. The Morgan fingerprint density at radius 2 is 1.27 bits per heavy atom. The summed E-state index contributed by atoms with van der Waals surface area (Å²) >= 11 is 0. The van der Waals surface area contributed by atoms with E-state index >= 15 is 0 Å². The highest BCUT2D eigenvalue weighted by Crippen LogP contribution is 2.38. The van der Waals surface area contributed by atoms with Gasteiger partial charge in [0.1, 0.15) is 5.56 Å². The molecule has 4 nitrogen and oxygen atoms in total. The maximum absolute atomic E-state index is 13.2. The van der Waals surface area contributed by atoms with Crippen LogP contribution in [-0.2, 0) is 4.74 Å². The summed E-state index contributed by atoms with van der Waals surface area (Å²) in [7, 11) is 1.32. The van der Waals surface area contributed by atoms with Crippen LogP contribution in [0.3, 0.4) is 0 Å². The van der Waals surface area contributed by atoms with E-state index in [0.29, 0.717) is 22.3 Å². The summed E-state index contributed by atoms with van der Waals surface area (Å²) in [5.41, 5.74) is 3.65. The Morgan fingerprint density at radius 3 is 1.80 bits per heavy atom. The Kier molecular flexibility index (Phi) is 5.31. The van der Waals surface area contributed by atoms with Crippen LogP contribution < -0.4 is 5.63 Å². The third kappa shape index (κ3) is 3.55. The van der Waals surface area contributed by atoms with Crippen LogP contribution in [-0.4, -0.2) is 13.1 Å². The van der Waals surface area contributed by atoms with Crippen LogP contribution >= 0.6 is 0 Å². The molecule has 148 valence electrons. The fourth-order valence-electron chi connectivity index (χ4n) is 3.50. The van der Waals surface area contributed by atoms with E-state index in [-0.39, 0.29) is 11.3 Å². The molecule has 0 aliphatic carbocycles. The first-order valence-corrected chi connectivity index (χ1v) is 9.57. The number of hydrogen-bond donors (Lipinski definition) is 0. The molecule has 3 aromatic carbocycles. The van der Waals surface area contributed by atoms with E-state index in [1.165, 1.54) is 7.11 Å². The Labute approximate surface area is 174 Å². The molecule has 0 fully saturated rings. The van der Waals surface area contributed by atoms with Crippen LogP contribution in [0.25, 0.3) is 33.6 Å². The van der Waals surface area contributed by atoms with E-state index in [0.717, 1.165) is 11.1 Å². The molecule has 0 N–H and O–H groups in total. The lowest BCUT2D eigenvalue weighted by Gasteiger charge is -2.16. The molecule has 1 aromatic heterocycles. The maximum atomic E-state index is 13.2. The minimum Gasteiger partial charge on any atom is -0.465 e. The van der Waals surface area contributed by atoms with Crippen molar-refractivity contribution in [2.75, 3.05) is 7.11 Å². The van der Waals surface area contributed by atoms with Gasteiger partial charge in [-0.2, -0.15) is 0 Å². The van der Waals surface area contributed by atoms with Gasteiger partial charge < -0.3 is 9.15 Å². The number of benzene rings is 3. The highest BCUT2D eigenvalue weighted by atomic mass is 16.5. The van der Waals surface area contributed by atoms with E-state index in [2.05, 4.69) is 0 Å². The Balaban J connectivity index is 2.15. The fraction of sp³-hybridized carbons (Fsp3) is 0.0769. The van der Waals surface area contributed by atoms with Gasteiger partial charge in [-0.05, 0) is 18.1 Å². The van der Waals surface area contributed by atoms with Crippen LogP contribution in [0.1, 0.15) is 15.9 Å². The third-order valence-corrected chi connectivity index (χ3v) is 4.95. The summed E-state index contributed by atoms with van der Waals surface area (Å²) < 4.78 is 10.9. The van der Waals surface area contributed by atoms with Crippen molar-refractivity contribution in [2.24, 2.45) is 0 Å². The smallest absolute Gasteiger partial charge is 0.344 e. The largest absolute Gasteiger partial charge is 0.465 e. The zero-order chi connectivity index (χ0) is 21.1. The molecule has 0 radical (unpaired) electrons. The van der Waals surface area contributed by atoms with Crippen LogP contribution in [0.4, 0.5) is 0 Å². The number of methoxy groups -OCH3 is 1. The lowest BCUT2D eigenvalue weighted by Crippen LogP contribution is -2.14. The van der Waals surface area contributed by atoms with Crippen molar-refractivity contribution in [3.05, 3.63) is 106 Å². The molecule has 0 saturated heterocycles. The van der Waals surface area contributed by atoms with Crippen LogP contribution in [0.5, 0.6) is 0 Å². The van der Waals surface area contributed by atoms with Crippen LogP contribution in [0.2, 0.25) is 0 Å². The Morgan fingerprint density at radius 1 is 0.733 bits per heavy atom. The van der Waals surface area contributed by atoms with Crippen molar-refractivity contribution >= 4 is 5.97 Å². The van der Waals surface area contributed by atoms with Gasteiger partial charge in [0.25, 0.3) is 0 Å². The predicted molar refractivity (Wildman–Crippen MR) is 117 cm³/mol. The minimum absolute atomic E-state index is 0.199. The van der Waals surface area contributed by atoms with E-state index < -0.39 is 11.6 Å². The molecular weight excluding hydrogens is 376 g/mol. The van der Waals surface area contributed by atoms with Gasteiger partial charge in [-0.15, -0.1) is 0 Å². The zero-order valence-corrected chi connectivity index (χ0v) is 16.7. The molecule has 4 heteroatoms. The molecule has 0 amide bonds. The lowest BCUT2D eigenvalue weighted by atomic mass is 9.90. The van der Waals surface area contributed by atoms with E-state index in [1.54, 1.807) is 0 Å². The predicted octanol–water partition coefficient (Wildman–Crippen LogP) is 5.74. The molecule has 0 spiro atoms. The first kappa shape index (κ1) is 19.4. The Bertz CT molecular complexity index is 1240. The molecule has 1 heterocycles. The maximum Gasteiger partial charge on any atom is 0.344 e. The number of carbonyl (C=O) groups is 1. The van der Waals surface area contributed by atoms with Crippen LogP contribution in [0.15, 0.2) is 94.1 Å². The molecule has 0 aliphatic rings. The van der Waals surface area contributed by atoms with E-state index in [4.69, 9.17) is 9.15 Å². The van der Waals surface area contributed by atoms with Crippen molar-refractivity contribution in [1.82, 2.24) is 0 Å². The first-order chi connectivity index (χ1) is 14.6. The average molecular weight is 396 g/mol. The Hall–Kier alpha value is -3.92. The summed E-state index contributed by atoms with van der Waals surface area (Å²) in [5.74, 6) is -0.365. The number of carbonyl (C=O) groups excluding carboxylic acids is 1. The van der Waals surface area contributed by atoms with Gasteiger partial charge in [0.15, 0.2) is 5.76 Å². The molecule has 0 bridgehead atoms. The van der Waals surface area contributed by atoms with Gasteiger partial charge in [0.2, 0.25) is 0 Å². The number of aryl methyl sites for hydroxylation is 1. The lowest BCUT2D eigenvalue weighted by molar-refractivity contribution is 0.0600. The number of hydrogen-bond acceptors (Lipinski definition) is 4. The minimum atomic E-state index is -0.564. The van der Waals surface area contributed by atoms with Crippen molar-refractivity contribution in [3.63, 3.8) is 0 Å². The number of esters is 1. The molecule has 30 heavy (non-hydrogen) atoms. The molecule has 0 atom stereocenters. The zero-order valence-electron chi connectivity index (χ0n) is 16.7. The highest BCUT2D eigenvalue weighted by Gasteiger charge is 2.28. The second kappa shape index (κ2) is 8.21. The second-order valence-electron chi connectivity index (χ2n) is 6.93. The first-order valence-electron chi connectivity index (χ1n) is 9.57. The molecule has 0 unspecified atom stereocenters. The second-order valence-corrected chi connectivity index (χ2v) is 6.93. The van der Waals surface area contributed by atoms with E-state index in [1.807, 2.05) is 91.9 Å². The van der Waals surface area contributed by atoms with E-state index in [9.17, 15) is 9.59 Å². The quantitative estimate of drug-likeness (QED) is 0.413. The normalized spacial score (nSPS) is 10.6. The summed E-state index contributed by atoms with van der Waals surface area (Å²) in [6.45, 7) is 1.97. The van der Waals surface area contributed by atoms with Gasteiger partial charge in [0, 0.05) is 11.1 Å². The van der Waals surface area contributed by atoms with Gasteiger partial charge in [-0.25, -0.2) is 9.59 Å². The van der Waals surface area contributed by atoms with Gasteiger partial charge in [0.05, 0.1) is 12.7 Å². The van der Waals surface area contributed by atoms with Crippen molar-refractivity contribution < 1.29 is 13.9 Å². The van der Waals surface area contributed by atoms with Gasteiger partial charge in [-0.1, -0.05) is 90.5 Å². The monoisotopic (exact) mass is 396 g/mol. The standard InChI is InChI=1S/C26H20O4/c1-17-13-15-20(16-14-17)24-23(25(27)29-2)21(18-9-5-3-6-10-18)22(26(28)30-24)19-11-7-4-8-12-19/h3-16H,1-2H3. The fourth-order valence-corrected chi connectivity index (χ4v) is 3.50. The topological polar surface area (TPSA) is 56.5 Å². The van der Waals surface area contributed by atoms with Crippen molar-refractivity contribution in [2.45, 2.75) is 6.92 Å². The highest BCUT2D eigenvalue weighted by molar-refractivity contribution is 6.06. The van der Waals surface area contributed by atoms with Crippen LogP contribution in [0, 0.1) is 6.92 Å². The third-order valence-electron chi connectivity index (χ3n) is 4.95. The number of ether oxygens (including phenoxy) is 1. The van der Waals surface area contributed by atoms with Crippen molar-refractivity contribution in [3.8, 4) is 33.6 Å². The summed E-state index contributed by atoms with van der Waals surface area (Å²) in [5, 5.41) is 0. The molecule has 4 rings (SSSR count). The van der Waals surface area contributed by atoms with Crippen molar-refractivity contribution in [1.29, 1.82) is 0 Å². The number of rotatable bonds is 4. The molecular formula is C26H20O4. The van der Waals surface area contributed by atoms with Gasteiger partial charge >= 0.3 is 11.6 Å². The molecule has 4 aromatic rings. The summed E-state index contributed by atoms with van der Waals surface area (Å²) in [6, 6.07) is 26.0.